The molecule has 0 saturated heterocycles. The summed E-state index contributed by atoms with van der Waals surface area (Å²) in [5.41, 5.74) is 3.41. The molecule has 4 aromatic rings. The van der Waals surface area contributed by atoms with E-state index >= 15 is 0 Å². The molecule has 29 heavy (non-hydrogen) atoms. The molecular weight excluding hydrogens is 383 g/mol. The molecule has 1 aliphatic rings. The maximum atomic E-state index is 13.2. The van der Waals surface area contributed by atoms with Crippen LogP contribution in [0.5, 0.6) is 0 Å². The maximum Gasteiger partial charge on any atom is 0.453 e. The van der Waals surface area contributed by atoms with Crippen LogP contribution in [0.15, 0.2) is 24.3 Å². The number of halogens is 3. The lowest BCUT2D eigenvalue weighted by molar-refractivity contribution is -0.146. The second-order valence-corrected chi connectivity index (χ2v) is 7.33. The van der Waals surface area contributed by atoms with Gasteiger partial charge in [0.25, 0.3) is 5.82 Å². The summed E-state index contributed by atoms with van der Waals surface area (Å²) in [6.07, 6.45) is -2.43. The Bertz CT molecular complexity index is 1230. The highest BCUT2D eigenvalue weighted by Gasteiger charge is 2.38. The van der Waals surface area contributed by atoms with Crippen molar-refractivity contribution < 1.29 is 13.2 Å². The predicted octanol–water partition coefficient (Wildman–Crippen LogP) is 4.06. The van der Waals surface area contributed by atoms with Crippen LogP contribution in [0.25, 0.3) is 16.7 Å². The lowest BCUT2D eigenvalue weighted by atomic mass is 10.2. The molecule has 0 aliphatic heterocycles. The van der Waals surface area contributed by atoms with Gasteiger partial charge in [-0.3, -0.25) is 0 Å². The van der Waals surface area contributed by atoms with E-state index in [2.05, 4.69) is 25.2 Å². The standard InChI is InChI=1S/C19H18F3N7/c1-10-11(2)17-25-26-18(19(20,21)22)29(17)27-16(10)23-9-15-24-13-5-3-4-6-14(13)28(15)12-7-8-12/h3-6,12H,7-9H2,1-2H3,(H,23,27). The highest BCUT2D eigenvalue weighted by Crippen LogP contribution is 2.39. The second kappa shape index (κ2) is 6.16. The van der Waals surface area contributed by atoms with Gasteiger partial charge >= 0.3 is 6.18 Å². The zero-order valence-corrected chi connectivity index (χ0v) is 15.8. The third-order valence-electron chi connectivity index (χ3n) is 5.34. The van der Waals surface area contributed by atoms with Gasteiger partial charge < -0.3 is 9.88 Å². The number of aryl methyl sites for hydroxylation is 1. The first-order chi connectivity index (χ1) is 13.8. The largest absolute Gasteiger partial charge is 0.453 e. The highest BCUT2D eigenvalue weighted by atomic mass is 19.4. The van der Waals surface area contributed by atoms with Crippen molar-refractivity contribution in [2.24, 2.45) is 0 Å². The topological polar surface area (TPSA) is 72.9 Å². The molecule has 1 aromatic carbocycles. The number of para-hydroxylation sites is 2. The zero-order chi connectivity index (χ0) is 20.3. The molecule has 5 rings (SSSR count). The average Bonchev–Trinajstić information content (AvgIpc) is 3.29. The highest BCUT2D eigenvalue weighted by molar-refractivity contribution is 5.76. The summed E-state index contributed by atoms with van der Waals surface area (Å²) in [6.45, 7) is 3.87. The van der Waals surface area contributed by atoms with E-state index in [9.17, 15) is 13.2 Å². The summed E-state index contributed by atoms with van der Waals surface area (Å²) in [5, 5.41) is 14.3. The van der Waals surface area contributed by atoms with Crippen LogP contribution in [-0.2, 0) is 12.7 Å². The minimum Gasteiger partial charge on any atom is -0.361 e. The Hall–Kier alpha value is -3.17. The third kappa shape index (κ3) is 2.90. The van der Waals surface area contributed by atoms with Crippen LogP contribution in [0, 0.1) is 13.8 Å². The van der Waals surface area contributed by atoms with Gasteiger partial charge in [0.05, 0.1) is 17.6 Å². The molecule has 0 spiro atoms. The molecule has 0 unspecified atom stereocenters. The van der Waals surface area contributed by atoms with Crippen molar-refractivity contribution in [1.82, 2.24) is 29.4 Å². The van der Waals surface area contributed by atoms with E-state index in [0.29, 0.717) is 24.0 Å². The van der Waals surface area contributed by atoms with Gasteiger partial charge in [0, 0.05) is 11.6 Å². The Kier molecular flexibility index (Phi) is 3.80. The molecule has 1 N–H and O–H groups in total. The monoisotopic (exact) mass is 401 g/mol. The Morgan fingerprint density at radius 2 is 1.86 bits per heavy atom. The van der Waals surface area contributed by atoms with Crippen molar-refractivity contribution >= 4 is 22.5 Å². The van der Waals surface area contributed by atoms with E-state index in [1.165, 1.54) is 0 Å². The predicted molar refractivity (Wildman–Crippen MR) is 101 cm³/mol. The van der Waals surface area contributed by atoms with E-state index in [0.717, 1.165) is 39.8 Å². The van der Waals surface area contributed by atoms with Crippen molar-refractivity contribution in [1.29, 1.82) is 0 Å². The average molecular weight is 401 g/mol. The number of imidazole rings is 1. The fraction of sp³-hybridized carbons (Fsp3) is 0.368. The SMILES string of the molecule is Cc1c(NCc2nc3ccccc3n2C2CC2)nn2c(C(F)(F)F)nnc2c1C. The van der Waals surface area contributed by atoms with Gasteiger partial charge in [-0.2, -0.15) is 17.7 Å². The van der Waals surface area contributed by atoms with Crippen LogP contribution < -0.4 is 5.32 Å². The van der Waals surface area contributed by atoms with E-state index in [-0.39, 0.29) is 5.65 Å². The fourth-order valence-corrected chi connectivity index (χ4v) is 3.60. The number of anilines is 1. The molecule has 3 heterocycles. The maximum absolute atomic E-state index is 13.2. The number of alkyl halides is 3. The molecular formula is C19H18F3N7. The van der Waals surface area contributed by atoms with Crippen molar-refractivity contribution in [2.75, 3.05) is 5.32 Å². The van der Waals surface area contributed by atoms with Gasteiger partial charge in [-0.15, -0.1) is 15.3 Å². The van der Waals surface area contributed by atoms with Crippen LogP contribution in [0.1, 0.15) is 41.7 Å². The zero-order valence-electron chi connectivity index (χ0n) is 15.8. The Labute approximate surface area is 163 Å². The van der Waals surface area contributed by atoms with E-state index in [1.54, 1.807) is 13.8 Å². The molecule has 0 bridgehead atoms. The Morgan fingerprint density at radius 3 is 2.59 bits per heavy atom. The first kappa shape index (κ1) is 17.9. The first-order valence-electron chi connectivity index (χ1n) is 9.34. The molecule has 10 heteroatoms. The van der Waals surface area contributed by atoms with Crippen molar-refractivity contribution in [3.63, 3.8) is 0 Å². The van der Waals surface area contributed by atoms with Crippen LogP contribution in [0.3, 0.4) is 0 Å². The lowest BCUT2D eigenvalue weighted by Crippen LogP contribution is -2.16. The van der Waals surface area contributed by atoms with E-state index in [1.807, 2.05) is 24.3 Å². The molecule has 1 fully saturated rings. The number of nitrogens with one attached hydrogen (secondary N) is 1. The van der Waals surface area contributed by atoms with Crippen LogP contribution in [-0.4, -0.2) is 29.4 Å². The number of nitrogens with zero attached hydrogens (tertiary/aromatic N) is 6. The lowest BCUT2D eigenvalue weighted by Gasteiger charge is -2.13. The number of benzene rings is 1. The van der Waals surface area contributed by atoms with Crippen LogP contribution in [0.4, 0.5) is 19.0 Å². The minimum absolute atomic E-state index is 0.102. The molecule has 7 nitrogen and oxygen atoms in total. The number of hydrogen-bond donors (Lipinski definition) is 1. The van der Waals surface area contributed by atoms with E-state index < -0.39 is 12.0 Å². The van der Waals surface area contributed by atoms with Crippen LogP contribution >= 0.6 is 0 Å². The quantitative estimate of drug-likeness (QED) is 0.558. The van der Waals surface area contributed by atoms with Gasteiger partial charge in [0.2, 0.25) is 0 Å². The van der Waals surface area contributed by atoms with Crippen LogP contribution in [0.2, 0.25) is 0 Å². The fourth-order valence-electron chi connectivity index (χ4n) is 3.60. The summed E-state index contributed by atoms with van der Waals surface area (Å²) in [6, 6.07) is 8.35. The molecule has 1 saturated carbocycles. The normalized spacial score (nSPS) is 14.8. The van der Waals surface area contributed by atoms with Crippen molar-refractivity contribution in [3.8, 4) is 0 Å². The Morgan fingerprint density at radius 1 is 1.10 bits per heavy atom. The molecule has 0 amide bonds. The van der Waals surface area contributed by atoms with Gasteiger partial charge in [0.1, 0.15) is 5.82 Å². The summed E-state index contributed by atoms with van der Waals surface area (Å²) >= 11 is 0. The van der Waals surface area contributed by atoms with Crippen molar-refractivity contribution in [2.45, 2.75) is 45.5 Å². The molecule has 3 aromatic heterocycles. The van der Waals surface area contributed by atoms with Crippen molar-refractivity contribution in [3.05, 3.63) is 47.0 Å². The third-order valence-corrected chi connectivity index (χ3v) is 5.34. The number of rotatable bonds is 4. The molecule has 0 radical (unpaired) electrons. The summed E-state index contributed by atoms with van der Waals surface area (Å²) in [7, 11) is 0. The molecule has 0 atom stereocenters. The van der Waals surface area contributed by atoms with Gasteiger partial charge in [-0.25, -0.2) is 4.98 Å². The molecule has 1 aliphatic carbocycles. The number of fused-ring (bicyclic) bond motifs is 2. The van der Waals surface area contributed by atoms with Gasteiger partial charge in [-0.1, -0.05) is 12.1 Å². The van der Waals surface area contributed by atoms with E-state index in [4.69, 9.17) is 4.98 Å². The first-order valence-corrected chi connectivity index (χ1v) is 9.34. The smallest absolute Gasteiger partial charge is 0.361 e. The van der Waals surface area contributed by atoms with Gasteiger partial charge in [-0.05, 0) is 44.4 Å². The summed E-state index contributed by atoms with van der Waals surface area (Å²) < 4.78 is 42.7. The minimum atomic E-state index is -4.63. The number of hydrogen-bond acceptors (Lipinski definition) is 5. The summed E-state index contributed by atoms with van der Waals surface area (Å²) in [4.78, 5) is 4.71. The number of aromatic nitrogens is 6. The summed E-state index contributed by atoms with van der Waals surface area (Å²) in [5.74, 6) is 0.0611. The van der Waals surface area contributed by atoms with Gasteiger partial charge in [0.15, 0.2) is 11.5 Å². The second-order valence-electron chi connectivity index (χ2n) is 7.33. The Balaban J connectivity index is 1.54. The molecule has 150 valence electrons.